The maximum atomic E-state index is 9.38. The molecule has 0 bridgehead atoms. The van der Waals surface area contributed by atoms with Crippen LogP contribution in [0.5, 0.6) is 5.75 Å². The van der Waals surface area contributed by atoms with Crippen LogP contribution < -0.4 is 10.6 Å². The maximum absolute atomic E-state index is 9.38. The van der Waals surface area contributed by atoms with E-state index in [4.69, 9.17) is 5.73 Å². The first kappa shape index (κ1) is 9.80. The Labute approximate surface area is 89.1 Å². The monoisotopic (exact) mass is 202 g/mol. The molecule has 78 valence electrons. The van der Waals surface area contributed by atoms with Crippen LogP contribution in [-0.2, 0) is 0 Å². The Morgan fingerprint density at radius 1 is 1.40 bits per heavy atom. The molecule has 0 aromatic heterocycles. The van der Waals surface area contributed by atoms with Crippen LogP contribution >= 0.6 is 0 Å². The van der Waals surface area contributed by atoms with Crippen molar-refractivity contribution in [1.82, 2.24) is 0 Å². The van der Waals surface area contributed by atoms with Crippen molar-refractivity contribution in [2.24, 2.45) is 5.73 Å². The molecule has 0 saturated heterocycles. The zero-order valence-corrected chi connectivity index (χ0v) is 8.43. The standard InChI is InChI=1S/C12H14N2O/c13-8-10-3-2-6-14(9-10)11-4-1-5-12(15)7-11/h1-5,7,9,15H,6,8,13H2. The van der Waals surface area contributed by atoms with Gasteiger partial charge in [-0.3, -0.25) is 0 Å². The highest BCUT2D eigenvalue weighted by atomic mass is 16.3. The van der Waals surface area contributed by atoms with E-state index in [-0.39, 0.29) is 5.75 Å². The van der Waals surface area contributed by atoms with Crippen LogP contribution in [0.1, 0.15) is 0 Å². The highest BCUT2D eigenvalue weighted by Crippen LogP contribution is 2.22. The summed E-state index contributed by atoms with van der Waals surface area (Å²) in [6.45, 7) is 1.35. The van der Waals surface area contributed by atoms with Gasteiger partial charge in [-0.25, -0.2) is 0 Å². The lowest BCUT2D eigenvalue weighted by molar-refractivity contribution is 0.475. The molecule has 2 rings (SSSR count). The Kier molecular flexibility index (Phi) is 2.74. The zero-order chi connectivity index (χ0) is 10.7. The summed E-state index contributed by atoms with van der Waals surface area (Å²) in [6, 6.07) is 7.20. The molecule has 1 heterocycles. The zero-order valence-electron chi connectivity index (χ0n) is 8.43. The van der Waals surface area contributed by atoms with Crippen LogP contribution in [0, 0.1) is 0 Å². The average molecular weight is 202 g/mol. The molecule has 0 spiro atoms. The van der Waals surface area contributed by atoms with Crippen molar-refractivity contribution < 1.29 is 5.11 Å². The van der Waals surface area contributed by atoms with Crippen molar-refractivity contribution >= 4 is 5.69 Å². The average Bonchev–Trinajstić information content (AvgIpc) is 2.29. The Morgan fingerprint density at radius 3 is 3.00 bits per heavy atom. The quantitative estimate of drug-likeness (QED) is 0.766. The van der Waals surface area contributed by atoms with Crippen LogP contribution in [0.4, 0.5) is 5.69 Å². The van der Waals surface area contributed by atoms with Crippen molar-refractivity contribution in [3.8, 4) is 5.75 Å². The Balaban J connectivity index is 2.25. The minimum absolute atomic E-state index is 0.282. The molecule has 0 radical (unpaired) electrons. The van der Waals surface area contributed by atoms with Crippen LogP contribution in [0.3, 0.4) is 0 Å². The second-order valence-corrected chi connectivity index (χ2v) is 3.48. The summed E-state index contributed by atoms with van der Waals surface area (Å²) in [4.78, 5) is 2.06. The molecule has 15 heavy (non-hydrogen) atoms. The number of nitrogens with two attached hydrogens (primary N) is 1. The first-order chi connectivity index (χ1) is 7.29. The first-order valence-corrected chi connectivity index (χ1v) is 4.92. The van der Waals surface area contributed by atoms with Crippen LogP contribution in [0.15, 0.2) is 48.2 Å². The highest BCUT2D eigenvalue weighted by Gasteiger charge is 2.06. The van der Waals surface area contributed by atoms with Gasteiger partial charge in [0.15, 0.2) is 0 Å². The molecule has 0 aliphatic carbocycles. The summed E-state index contributed by atoms with van der Waals surface area (Å²) >= 11 is 0. The lowest BCUT2D eigenvalue weighted by Gasteiger charge is -2.23. The van der Waals surface area contributed by atoms with E-state index in [1.807, 2.05) is 24.4 Å². The van der Waals surface area contributed by atoms with E-state index in [1.54, 1.807) is 12.1 Å². The highest BCUT2D eigenvalue weighted by molar-refractivity contribution is 5.55. The largest absolute Gasteiger partial charge is 0.508 e. The van der Waals surface area contributed by atoms with Gasteiger partial charge in [-0.15, -0.1) is 0 Å². The summed E-state index contributed by atoms with van der Waals surface area (Å²) in [5.41, 5.74) is 7.64. The summed E-state index contributed by atoms with van der Waals surface area (Å²) in [6.07, 6.45) is 6.10. The van der Waals surface area contributed by atoms with Crippen molar-refractivity contribution in [3.63, 3.8) is 0 Å². The van der Waals surface area contributed by atoms with Crippen LogP contribution in [0.2, 0.25) is 0 Å². The van der Waals surface area contributed by atoms with Gasteiger partial charge in [0.2, 0.25) is 0 Å². The van der Waals surface area contributed by atoms with Crippen LogP contribution in [0.25, 0.3) is 0 Å². The second kappa shape index (κ2) is 4.19. The fourth-order valence-electron chi connectivity index (χ4n) is 1.59. The van der Waals surface area contributed by atoms with E-state index in [9.17, 15) is 5.11 Å². The SMILES string of the molecule is NCC1=CN(c2cccc(O)c2)CC=C1. The number of aromatic hydroxyl groups is 1. The minimum atomic E-state index is 0.282. The summed E-state index contributed by atoms with van der Waals surface area (Å²) in [5, 5.41) is 9.38. The molecule has 0 saturated carbocycles. The molecule has 1 aromatic rings. The Hall–Kier alpha value is -1.74. The molecule has 3 nitrogen and oxygen atoms in total. The lowest BCUT2D eigenvalue weighted by Crippen LogP contribution is -2.21. The molecular weight excluding hydrogens is 188 g/mol. The molecule has 3 heteroatoms. The number of benzene rings is 1. The van der Waals surface area contributed by atoms with E-state index in [0.717, 1.165) is 17.8 Å². The predicted octanol–water partition coefficient (Wildman–Crippen LogP) is 1.61. The molecule has 1 aliphatic rings. The Bertz CT molecular complexity index is 410. The molecule has 0 unspecified atom stereocenters. The number of phenols is 1. The van der Waals surface area contributed by atoms with Gasteiger partial charge in [0.1, 0.15) is 5.75 Å². The predicted molar refractivity (Wildman–Crippen MR) is 61.7 cm³/mol. The second-order valence-electron chi connectivity index (χ2n) is 3.48. The molecule has 1 aromatic carbocycles. The number of hydrogen-bond donors (Lipinski definition) is 2. The van der Waals surface area contributed by atoms with Gasteiger partial charge < -0.3 is 15.7 Å². The van der Waals surface area contributed by atoms with Gasteiger partial charge >= 0.3 is 0 Å². The van der Waals surface area contributed by atoms with Gasteiger partial charge in [0.05, 0.1) is 0 Å². The normalized spacial score (nSPS) is 15.3. The van der Waals surface area contributed by atoms with E-state index >= 15 is 0 Å². The van der Waals surface area contributed by atoms with Crippen molar-refractivity contribution in [2.75, 3.05) is 18.0 Å². The summed E-state index contributed by atoms with van der Waals surface area (Å²) in [7, 11) is 0. The first-order valence-electron chi connectivity index (χ1n) is 4.92. The third-order valence-electron chi connectivity index (χ3n) is 2.35. The molecule has 0 amide bonds. The van der Waals surface area contributed by atoms with Gasteiger partial charge in [-0.1, -0.05) is 18.2 Å². The van der Waals surface area contributed by atoms with Gasteiger partial charge in [-0.2, -0.15) is 0 Å². The number of hydrogen-bond acceptors (Lipinski definition) is 3. The summed E-state index contributed by atoms with van der Waals surface area (Å²) in [5.74, 6) is 0.282. The fraction of sp³-hybridized carbons (Fsp3) is 0.167. The topological polar surface area (TPSA) is 49.5 Å². The molecule has 1 aliphatic heterocycles. The lowest BCUT2D eigenvalue weighted by atomic mass is 10.2. The third kappa shape index (κ3) is 2.19. The maximum Gasteiger partial charge on any atom is 0.117 e. The minimum Gasteiger partial charge on any atom is -0.508 e. The smallest absolute Gasteiger partial charge is 0.117 e. The van der Waals surface area contributed by atoms with Gasteiger partial charge in [0.25, 0.3) is 0 Å². The summed E-state index contributed by atoms with van der Waals surface area (Å²) < 4.78 is 0. The van der Waals surface area contributed by atoms with E-state index in [1.165, 1.54) is 0 Å². The molecule has 0 atom stereocenters. The number of anilines is 1. The van der Waals surface area contributed by atoms with Crippen molar-refractivity contribution in [3.05, 3.63) is 48.2 Å². The molecule has 3 N–H and O–H groups in total. The third-order valence-corrected chi connectivity index (χ3v) is 2.35. The van der Waals surface area contributed by atoms with E-state index < -0.39 is 0 Å². The van der Waals surface area contributed by atoms with Gasteiger partial charge in [-0.05, 0) is 17.7 Å². The molecule has 0 fully saturated rings. The Morgan fingerprint density at radius 2 is 2.27 bits per heavy atom. The fourth-order valence-corrected chi connectivity index (χ4v) is 1.59. The number of phenolic OH excluding ortho intramolecular Hbond substituents is 1. The van der Waals surface area contributed by atoms with Crippen LogP contribution in [-0.4, -0.2) is 18.2 Å². The van der Waals surface area contributed by atoms with Crippen molar-refractivity contribution in [1.29, 1.82) is 0 Å². The number of rotatable bonds is 2. The van der Waals surface area contributed by atoms with Gasteiger partial charge in [0, 0.05) is 31.0 Å². The van der Waals surface area contributed by atoms with E-state index in [0.29, 0.717) is 6.54 Å². The van der Waals surface area contributed by atoms with Crippen molar-refractivity contribution in [2.45, 2.75) is 0 Å². The number of nitrogens with zero attached hydrogens (tertiary/aromatic N) is 1. The van der Waals surface area contributed by atoms with E-state index in [2.05, 4.69) is 11.0 Å². The molecular formula is C12H14N2O.